The number of ether oxygens (including phenoxy) is 2. The first-order chi connectivity index (χ1) is 19.4. The van der Waals surface area contributed by atoms with Gasteiger partial charge in [0.15, 0.2) is 5.67 Å². The fourth-order valence-electron chi connectivity index (χ4n) is 6.07. The van der Waals surface area contributed by atoms with E-state index in [-0.39, 0.29) is 18.9 Å². The Morgan fingerprint density at radius 3 is 2.44 bits per heavy atom. The van der Waals surface area contributed by atoms with Crippen LogP contribution in [0.2, 0.25) is 0 Å². The van der Waals surface area contributed by atoms with E-state index in [9.17, 15) is 19.2 Å². The van der Waals surface area contributed by atoms with Crippen LogP contribution in [0.3, 0.4) is 0 Å². The lowest BCUT2D eigenvalue weighted by molar-refractivity contribution is -0.150. The number of piperidine rings is 2. The molecule has 1 N–H and O–H groups in total. The fraction of sp³-hybridized carbons (Fsp3) is 0.633. The number of amides is 2. The molecular formula is C30H40F2N4O5. The number of rotatable bonds is 4. The normalized spacial score (nSPS) is 23.8. The van der Waals surface area contributed by atoms with Crippen LogP contribution in [0.25, 0.3) is 0 Å². The molecule has 0 bridgehead atoms. The highest BCUT2D eigenvalue weighted by Crippen LogP contribution is 2.41. The van der Waals surface area contributed by atoms with Gasteiger partial charge in [-0.05, 0) is 39.0 Å². The van der Waals surface area contributed by atoms with Crippen LogP contribution in [0.4, 0.5) is 13.6 Å². The first-order valence-electron chi connectivity index (χ1n) is 14.4. The van der Waals surface area contributed by atoms with Gasteiger partial charge in [0.1, 0.15) is 22.8 Å². The number of oxime groups is 1. The molecule has 3 fully saturated rings. The summed E-state index contributed by atoms with van der Waals surface area (Å²) in [6.45, 7) is 9.16. The Morgan fingerprint density at radius 2 is 1.80 bits per heavy atom. The molecule has 1 aromatic rings. The van der Waals surface area contributed by atoms with Crippen LogP contribution >= 0.6 is 0 Å². The van der Waals surface area contributed by atoms with Gasteiger partial charge in [-0.15, -0.1) is 0 Å². The van der Waals surface area contributed by atoms with E-state index < -0.39 is 28.6 Å². The van der Waals surface area contributed by atoms with Gasteiger partial charge >= 0.3 is 6.09 Å². The quantitative estimate of drug-likeness (QED) is 0.326. The zero-order valence-electron chi connectivity index (χ0n) is 24.1. The number of carbonyl (C=O) groups excluding carboxylic acids is 2. The van der Waals surface area contributed by atoms with Crippen molar-refractivity contribution < 1.29 is 33.1 Å². The number of halogens is 2. The zero-order valence-corrected chi connectivity index (χ0v) is 24.1. The van der Waals surface area contributed by atoms with Gasteiger partial charge in [-0.3, -0.25) is 9.69 Å². The van der Waals surface area contributed by atoms with Crippen LogP contribution in [-0.4, -0.2) is 100 Å². The van der Waals surface area contributed by atoms with Crippen LogP contribution in [0.15, 0.2) is 35.5 Å². The van der Waals surface area contributed by atoms with Crippen LogP contribution in [-0.2, 0) is 9.53 Å². The Morgan fingerprint density at radius 1 is 1.12 bits per heavy atom. The predicted molar refractivity (Wildman–Crippen MR) is 148 cm³/mol. The maximum absolute atomic E-state index is 15.9. The maximum atomic E-state index is 15.9. The molecule has 2 amide bonds. The molecular weight excluding hydrogens is 534 g/mol. The van der Waals surface area contributed by atoms with Gasteiger partial charge in [0.05, 0.1) is 5.71 Å². The molecule has 1 spiro atoms. The van der Waals surface area contributed by atoms with Gasteiger partial charge in [-0.1, -0.05) is 17.3 Å². The molecule has 4 aliphatic rings. The van der Waals surface area contributed by atoms with E-state index in [1.165, 1.54) is 18.2 Å². The lowest BCUT2D eigenvalue weighted by atomic mass is 9.81. The average Bonchev–Trinajstić information content (AvgIpc) is 2.90. The van der Waals surface area contributed by atoms with Crippen molar-refractivity contribution in [2.45, 2.75) is 69.7 Å². The largest absolute Gasteiger partial charge is 0.486 e. The second-order valence-electron chi connectivity index (χ2n) is 12.8. The monoisotopic (exact) mass is 574 g/mol. The molecule has 0 atom stereocenters. The molecule has 11 heteroatoms. The van der Waals surface area contributed by atoms with E-state index in [1.54, 1.807) is 9.80 Å². The van der Waals surface area contributed by atoms with Crippen molar-refractivity contribution >= 4 is 17.7 Å². The van der Waals surface area contributed by atoms with E-state index in [0.29, 0.717) is 88.0 Å². The van der Waals surface area contributed by atoms with Crippen molar-refractivity contribution in [1.82, 2.24) is 14.7 Å². The maximum Gasteiger partial charge on any atom is 0.410 e. The third kappa shape index (κ3) is 6.50. The molecule has 4 aliphatic heterocycles. The molecule has 1 aromatic carbocycles. The Bertz CT molecular complexity index is 1210. The average molecular weight is 575 g/mol. The van der Waals surface area contributed by atoms with Gasteiger partial charge < -0.3 is 24.5 Å². The number of hydrogen-bond acceptors (Lipinski definition) is 7. The minimum Gasteiger partial charge on any atom is -0.486 e. The summed E-state index contributed by atoms with van der Waals surface area (Å²) >= 11 is 0. The summed E-state index contributed by atoms with van der Waals surface area (Å²) in [5.74, 6) is -0.163. The Hall–Kier alpha value is -3.21. The van der Waals surface area contributed by atoms with Crippen molar-refractivity contribution in [3.63, 3.8) is 0 Å². The van der Waals surface area contributed by atoms with Gasteiger partial charge in [0.2, 0.25) is 0 Å². The summed E-state index contributed by atoms with van der Waals surface area (Å²) in [5, 5.41) is 12.9. The second-order valence-corrected chi connectivity index (χ2v) is 12.8. The Kier molecular flexibility index (Phi) is 8.02. The number of nitrogens with zero attached hydrogens (tertiary/aromatic N) is 4. The minimum atomic E-state index is -1.89. The molecule has 0 aliphatic carbocycles. The van der Waals surface area contributed by atoms with E-state index in [2.05, 4.69) is 22.2 Å². The van der Waals surface area contributed by atoms with Crippen LogP contribution in [0.5, 0.6) is 5.75 Å². The second kappa shape index (κ2) is 11.2. The highest BCUT2D eigenvalue weighted by Gasteiger charge is 2.48. The highest BCUT2D eigenvalue weighted by molar-refractivity contribution is 6.04. The van der Waals surface area contributed by atoms with Crippen molar-refractivity contribution in [2.75, 3.05) is 45.8 Å². The third-order valence-electron chi connectivity index (χ3n) is 8.52. The van der Waals surface area contributed by atoms with Crippen molar-refractivity contribution in [3.8, 4) is 5.75 Å². The summed E-state index contributed by atoms with van der Waals surface area (Å²) in [7, 11) is 0. The van der Waals surface area contributed by atoms with Crippen LogP contribution < -0.4 is 4.74 Å². The van der Waals surface area contributed by atoms with Crippen molar-refractivity contribution in [1.29, 1.82) is 0 Å². The summed E-state index contributed by atoms with van der Waals surface area (Å²) in [6.07, 6.45) is 5.40. The number of likely N-dealkylation sites (tertiary alicyclic amines) is 3. The number of benzene rings is 1. The fourth-order valence-corrected chi connectivity index (χ4v) is 6.07. The molecule has 9 nitrogen and oxygen atoms in total. The van der Waals surface area contributed by atoms with Gasteiger partial charge in [-0.25, -0.2) is 13.6 Å². The summed E-state index contributed by atoms with van der Waals surface area (Å²) in [6, 6.07) is 4.12. The molecule has 224 valence electrons. The molecule has 5 rings (SSSR count). The summed E-state index contributed by atoms with van der Waals surface area (Å²) in [4.78, 5) is 30.8. The molecule has 0 saturated carbocycles. The van der Waals surface area contributed by atoms with Gasteiger partial charge in [0.25, 0.3) is 5.91 Å². The number of alkyl halides is 1. The van der Waals surface area contributed by atoms with Gasteiger partial charge in [0, 0.05) is 89.4 Å². The number of fused-ring (bicyclic) bond motifs is 1. The highest BCUT2D eigenvalue weighted by atomic mass is 19.1. The van der Waals surface area contributed by atoms with Crippen molar-refractivity contribution in [3.05, 3.63) is 41.7 Å². The number of hydrogen-bond donors (Lipinski definition) is 1. The molecule has 0 unspecified atom stereocenters. The Labute approximate surface area is 239 Å². The predicted octanol–water partition coefficient (Wildman–Crippen LogP) is 4.37. The molecule has 3 saturated heterocycles. The van der Waals surface area contributed by atoms with E-state index in [0.717, 1.165) is 0 Å². The SMILES string of the molecule is CC(C)(C)OC(=O)N1CC(/C=C/CN2CCC(F)(C(=O)N3CCC4(CC3)C/C(=N\O)c3cc(F)ccc3O4)CC2)C1. The van der Waals surface area contributed by atoms with E-state index >= 15 is 4.39 Å². The van der Waals surface area contributed by atoms with E-state index in [1.807, 2.05) is 20.8 Å². The molecule has 0 radical (unpaired) electrons. The first kappa shape index (κ1) is 29.3. The molecule has 41 heavy (non-hydrogen) atoms. The lowest BCUT2D eigenvalue weighted by Gasteiger charge is -2.46. The molecule has 0 aromatic heterocycles. The summed E-state index contributed by atoms with van der Waals surface area (Å²) in [5.41, 5.74) is -2.29. The topological polar surface area (TPSA) is 94.9 Å². The lowest BCUT2D eigenvalue weighted by Crippen LogP contribution is -2.57. The third-order valence-corrected chi connectivity index (χ3v) is 8.52. The zero-order chi connectivity index (χ0) is 29.4. The summed E-state index contributed by atoms with van der Waals surface area (Å²) < 4.78 is 41.2. The molecule has 4 heterocycles. The number of carbonyl (C=O) groups is 2. The Balaban J connectivity index is 1.06. The minimum absolute atomic E-state index is 0.147. The first-order valence-corrected chi connectivity index (χ1v) is 14.4. The smallest absolute Gasteiger partial charge is 0.410 e. The van der Waals surface area contributed by atoms with Crippen molar-refractivity contribution in [2.24, 2.45) is 11.1 Å². The standard InChI is InChI=1S/C30H40F2N4O5/c1-28(2,3)41-27(38)36-19-21(20-36)5-4-12-34-13-10-30(32,11-14-34)26(37)35-15-8-29(9-16-35)18-24(33-39)23-17-22(31)6-7-25(23)40-29/h4-7,17,21,39H,8-16,18-20H2,1-3H3/b5-4+,33-24+. The van der Waals surface area contributed by atoms with Crippen LogP contribution in [0.1, 0.15) is 58.4 Å². The van der Waals surface area contributed by atoms with E-state index in [4.69, 9.17) is 9.47 Å². The van der Waals surface area contributed by atoms with Gasteiger partial charge in [-0.2, -0.15) is 0 Å². The van der Waals surface area contributed by atoms with Crippen LogP contribution in [0, 0.1) is 11.7 Å².